The van der Waals surface area contributed by atoms with Gasteiger partial charge in [-0.2, -0.15) is 5.26 Å². The van der Waals surface area contributed by atoms with E-state index in [1.807, 2.05) is 0 Å². The number of benzene rings is 2. The van der Waals surface area contributed by atoms with Crippen molar-refractivity contribution in [2.24, 2.45) is 5.73 Å². The van der Waals surface area contributed by atoms with Crippen LogP contribution in [-0.4, -0.2) is 21.1 Å². The number of hydrogen-bond donors (Lipinski definition) is 1. The number of Topliss-reactive ketones (excluding diaryl/α,β-unsaturated/α-hetero) is 1. The number of aromatic nitrogens is 2. The lowest BCUT2D eigenvalue weighted by Crippen LogP contribution is -2.22. The lowest BCUT2D eigenvalue weighted by Gasteiger charge is -2.13. The van der Waals surface area contributed by atoms with Crippen molar-refractivity contribution in [3.05, 3.63) is 76.0 Å². The molecule has 1 heterocycles. The fourth-order valence-electron chi connectivity index (χ4n) is 2.60. The predicted octanol–water partition coefficient (Wildman–Crippen LogP) is 2.94. The Hall–Kier alpha value is -3.44. The zero-order chi connectivity index (χ0) is 20.3. The molecule has 0 atom stereocenters. The zero-order valence-corrected chi connectivity index (χ0v) is 15.7. The molecule has 6 nitrogen and oxygen atoms in total. The smallest absolute Gasteiger partial charge is 0.266 e. The van der Waals surface area contributed by atoms with Gasteiger partial charge in [0.2, 0.25) is 0 Å². The summed E-state index contributed by atoms with van der Waals surface area (Å²) in [6.07, 6.45) is 0. The van der Waals surface area contributed by atoms with Crippen LogP contribution >= 0.6 is 11.8 Å². The van der Waals surface area contributed by atoms with Gasteiger partial charge in [-0.15, -0.1) is 0 Å². The van der Waals surface area contributed by atoms with Gasteiger partial charge in [0, 0.05) is 5.70 Å². The van der Waals surface area contributed by atoms with Crippen LogP contribution in [0.2, 0.25) is 0 Å². The highest BCUT2D eigenvalue weighted by molar-refractivity contribution is 7.99. The average Bonchev–Trinajstić information content (AvgIpc) is 2.68. The molecule has 140 valence electrons. The second kappa shape index (κ2) is 8.06. The molecule has 0 aliphatic carbocycles. The number of fused-ring (bicyclic) bond motifs is 1. The standard InChI is InChI=1S/C20H15FN4O2S/c1-12(23)16(10-22)18(26)11-28-20-24-17-5-3-2-4-15(17)19(27)25(20)14-8-6-13(21)7-9-14/h2-9H,11,23H2,1H3/b16-12+. The lowest BCUT2D eigenvalue weighted by molar-refractivity contribution is -0.112. The Morgan fingerprint density at radius 2 is 1.93 bits per heavy atom. The number of nitrogens with two attached hydrogens (primary N) is 1. The first kappa shape index (κ1) is 19.3. The first-order valence-electron chi connectivity index (χ1n) is 8.22. The van der Waals surface area contributed by atoms with Crippen LogP contribution in [-0.2, 0) is 4.79 Å². The summed E-state index contributed by atoms with van der Waals surface area (Å²) in [5.74, 6) is -1.01. The number of allylic oxidation sites excluding steroid dienone is 2. The number of nitriles is 1. The van der Waals surface area contributed by atoms with Crippen molar-refractivity contribution in [2.75, 3.05) is 5.75 Å². The highest BCUT2D eigenvalue weighted by atomic mass is 32.2. The molecule has 0 radical (unpaired) electrons. The minimum absolute atomic E-state index is 0.121. The first-order valence-corrected chi connectivity index (χ1v) is 9.21. The number of nitrogens with zero attached hydrogens (tertiary/aromatic N) is 3. The van der Waals surface area contributed by atoms with Gasteiger partial charge in [0.15, 0.2) is 10.9 Å². The zero-order valence-electron chi connectivity index (χ0n) is 14.8. The predicted molar refractivity (Wildman–Crippen MR) is 106 cm³/mol. The Morgan fingerprint density at radius 3 is 2.57 bits per heavy atom. The van der Waals surface area contributed by atoms with Gasteiger partial charge in [0.1, 0.15) is 17.5 Å². The summed E-state index contributed by atoms with van der Waals surface area (Å²) < 4.78 is 14.6. The minimum Gasteiger partial charge on any atom is -0.401 e. The van der Waals surface area contributed by atoms with E-state index in [9.17, 15) is 14.0 Å². The van der Waals surface area contributed by atoms with E-state index in [1.165, 1.54) is 35.8 Å². The van der Waals surface area contributed by atoms with Gasteiger partial charge in [0.05, 0.1) is 22.3 Å². The van der Waals surface area contributed by atoms with E-state index in [0.717, 1.165) is 11.8 Å². The summed E-state index contributed by atoms with van der Waals surface area (Å²) in [4.78, 5) is 29.8. The van der Waals surface area contributed by atoms with E-state index in [-0.39, 0.29) is 27.7 Å². The first-order chi connectivity index (χ1) is 13.4. The monoisotopic (exact) mass is 394 g/mol. The molecular weight excluding hydrogens is 379 g/mol. The maximum Gasteiger partial charge on any atom is 0.266 e. The Morgan fingerprint density at radius 1 is 1.25 bits per heavy atom. The number of rotatable bonds is 5. The van der Waals surface area contributed by atoms with Gasteiger partial charge < -0.3 is 5.73 Å². The molecule has 0 bridgehead atoms. The molecule has 3 aromatic rings. The molecular formula is C20H15FN4O2S. The van der Waals surface area contributed by atoms with E-state index >= 15 is 0 Å². The molecule has 0 fully saturated rings. The molecule has 0 amide bonds. The molecule has 0 aliphatic rings. The number of thioether (sulfide) groups is 1. The van der Waals surface area contributed by atoms with Crippen LogP contribution in [0.25, 0.3) is 16.6 Å². The van der Waals surface area contributed by atoms with Crippen molar-refractivity contribution in [1.82, 2.24) is 9.55 Å². The van der Waals surface area contributed by atoms with Crippen LogP contribution in [0.5, 0.6) is 0 Å². The summed E-state index contributed by atoms with van der Waals surface area (Å²) >= 11 is 1.01. The molecule has 0 spiro atoms. The van der Waals surface area contributed by atoms with Crippen molar-refractivity contribution in [3.8, 4) is 11.8 Å². The third-order valence-corrected chi connectivity index (χ3v) is 4.89. The number of halogens is 1. The summed E-state index contributed by atoms with van der Waals surface area (Å²) in [7, 11) is 0. The summed E-state index contributed by atoms with van der Waals surface area (Å²) in [6.45, 7) is 1.48. The highest BCUT2D eigenvalue weighted by Gasteiger charge is 2.17. The Balaban J connectivity index is 2.10. The van der Waals surface area contributed by atoms with Gasteiger partial charge >= 0.3 is 0 Å². The van der Waals surface area contributed by atoms with Crippen LogP contribution in [0.4, 0.5) is 4.39 Å². The van der Waals surface area contributed by atoms with Gasteiger partial charge in [-0.1, -0.05) is 23.9 Å². The summed E-state index contributed by atoms with van der Waals surface area (Å²) in [5, 5.41) is 9.74. The van der Waals surface area contributed by atoms with E-state index in [0.29, 0.717) is 16.6 Å². The SMILES string of the molecule is C/C(N)=C(/C#N)C(=O)CSc1nc2ccccc2c(=O)n1-c1ccc(F)cc1. The van der Waals surface area contributed by atoms with Crippen LogP contribution in [0.15, 0.2) is 69.8 Å². The number of carbonyl (C=O) groups excluding carboxylic acids is 1. The van der Waals surface area contributed by atoms with Crippen molar-refractivity contribution < 1.29 is 9.18 Å². The van der Waals surface area contributed by atoms with E-state index in [4.69, 9.17) is 11.0 Å². The molecule has 8 heteroatoms. The third kappa shape index (κ3) is 3.80. The van der Waals surface area contributed by atoms with Crippen LogP contribution in [0.1, 0.15) is 6.92 Å². The van der Waals surface area contributed by atoms with Crippen molar-refractivity contribution >= 4 is 28.4 Å². The van der Waals surface area contributed by atoms with Gasteiger partial charge in [0.25, 0.3) is 5.56 Å². The molecule has 2 N–H and O–H groups in total. The molecule has 0 saturated heterocycles. The number of hydrogen-bond acceptors (Lipinski definition) is 6. The van der Waals surface area contributed by atoms with Crippen LogP contribution < -0.4 is 11.3 Å². The largest absolute Gasteiger partial charge is 0.401 e. The molecule has 1 aromatic heterocycles. The molecule has 3 rings (SSSR count). The lowest BCUT2D eigenvalue weighted by atomic mass is 10.2. The Bertz CT molecular complexity index is 1190. The van der Waals surface area contributed by atoms with Crippen LogP contribution in [0, 0.1) is 17.1 Å². The molecule has 0 aliphatic heterocycles. The second-order valence-electron chi connectivity index (χ2n) is 5.91. The van der Waals surface area contributed by atoms with Crippen molar-refractivity contribution in [1.29, 1.82) is 5.26 Å². The number of para-hydroxylation sites is 1. The van der Waals surface area contributed by atoms with Crippen LogP contribution in [0.3, 0.4) is 0 Å². The average molecular weight is 394 g/mol. The third-order valence-electron chi connectivity index (χ3n) is 3.95. The highest BCUT2D eigenvalue weighted by Crippen LogP contribution is 2.22. The fraction of sp³-hybridized carbons (Fsp3) is 0.100. The van der Waals surface area contributed by atoms with Gasteiger partial charge in [-0.25, -0.2) is 9.37 Å². The molecule has 0 unspecified atom stereocenters. The maximum absolute atomic E-state index is 13.3. The van der Waals surface area contributed by atoms with E-state index < -0.39 is 11.6 Å². The number of ketones is 1. The van der Waals surface area contributed by atoms with Crippen molar-refractivity contribution in [3.63, 3.8) is 0 Å². The maximum atomic E-state index is 13.3. The number of carbonyl (C=O) groups is 1. The fourth-order valence-corrected chi connectivity index (χ4v) is 3.48. The molecule has 0 saturated carbocycles. The second-order valence-corrected chi connectivity index (χ2v) is 6.85. The molecule has 2 aromatic carbocycles. The topological polar surface area (TPSA) is 102 Å². The van der Waals surface area contributed by atoms with E-state index in [1.54, 1.807) is 30.3 Å². The minimum atomic E-state index is -0.458. The summed E-state index contributed by atoms with van der Waals surface area (Å²) in [6, 6.07) is 14.0. The quantitative estimate of drug-likeness (QED) is 0.309. The Labute approximate surface area is 164 Å². The van der Waals surface area contributed by atoms with Crippen molar-refractivity contribution in [2.45, 2.75) is 12.1 Å². The van der Waals surface area contributed by atoms with E-state index in [2.05, 4.69) is 4.98 Å². The normalized spacial score (nSPS) is 11.8. The van der Waals surface area contributed by atoms with Gasteiger partial charge in [-0.05, 0) is 43.3 Å². The summed E-state index contributed by atoms with van der Waals surface area (Å²) in [5.41, 5.74) is 6.15. The van der Waals surface area contributed by atoms with Gasteiger partial charge in [-0.3, -0.25) is 14.2 Å². The Kier molecular flexibility index (Phi) is 5.57. The molecule has 28 heavy (non-hydrogen) atoms.